The van der Waals surface area contributed by atoms with E-state index in [2.05, 4.69) is 52.9 Å². The standard InChI is InChI=1S/C41H46N2O6S/c1-30(25-38(33-15-20-36(47-2)21-16-33)34-17-22-37(48-3)23-18-34)43(27-31-11-7-5-8-12-31)28-40(44)35-19-24-41(39(26-35)42-50(4,45)46)49-29-32-13-9-6-10-14-32/h5-24,26,30,38,40,42,44H,25,27-29H2,1-4H3/t30-,40-/m0/s1. The van der Waals surface area contributed by atoms with Gasteiger partial charge in [0.05, 0.1) is 32.3 Å². The second-order valence-corrected chi connectivity index (χ2v) is 14.3. The van der Waals surface area contributed by atoms with Crippen LogP contribution in [0.25, 0.3) is 0 Å². The number of anilines is 1. The Hall–Kier alpha value is -4.83. The lowest BCUT2D eigenvalue weighted by molar-refractivity contribution is 0.0820. The topological polar surface area (TPSA) is 97.3 Å². The van der Waals surface area contributed by atoms with Crippen LogP contribution in [-0.4, -0.2) is 51.5 Å². The van der Waals surface area contributed by atoms with Gasteiger partial charge in [-0.2, -0.15) is 0 Å². The summed E-state index contributed by atoms with van der Waals surface area (Å²) < 4.78 is 44.1. The third-order valence-corrected chi connectivity index (χ3v) is 9.38. The first-order valence-corrected chi connectivity index (χ1v) is 18.5. The van der Waals surface area contributed by atoms with Crippen molar-refractivity contribution >= 4 is 15.7 Å². The highest BCUT2D eigenvalue weighted by Gasteiger charge is 2.25. The molecule has 0 unspecified atom stereocenters. The number of ether oxygens (including phenoxy) is 3. The van der Waals surface area contributed by atoms with Crippen LogP contribution in [0.5, 0.6) is 17.2 Å². The second-order valence-electron chi connectivity index (χ2n) is 12.5. The fraction of sp³-hybridized carbons (Fsp3) is 0.268. The van der Waals surface area contributed by atoms with E-state index in [-0.39, 0.29) is 24.3 Å². The predicted molar refractivity (Wildman–Crippen MR) is 199 cm³/mol. The monoisotopic (exact) mass is 694 g/mol. The highest BCUT2D eigenvalue weighted by molar-refractivity contribution is 7.92. The molecule has 8 nitrogen and oxygen atoms in total. The summed E-state index contributed by atoms with van der Waals surface area (Å²) >= 11 is 0. The Balaban J connectivity index is 1.42. The van der Waals surface area contributed by atoms with Crippen LogP contribution in [0.3, 0.4) is 0 Å². The smallest absolute Gasteiger partial charge is 0.229 e. The van der Waals surface area contributed by atoms with Crippen LogP contribution < -0.4 is 18.9 Å². The minimum atomic E-state index is -3.62. The van der Waals surface area contributed by atoms with Gasteiger partial charge in [-0.15, -0.1) is 0 Å². The quantitative estimate of drug-likeness (QED) is 0.103. The van der Waals surface area contributed by atoms with Crippen LogP contribution in [0.1, 0.15) is 53.2 Å². The zero-order chi connectivity index (χ0) is 35.5. The molecule has 0 saturated carbocycles. The van der Waals surface area contributed by atoms with Crippen LogP contribution >= 0.6 is 0 Å². The van der Waals surface area contributed by atoms with Gasteiger partial charge in [0.25, 0.3) is 0 Å². The molecule has 0 fully saturated rings. The van der Waals surface area contributed by atoms with Crippen molar-refractivity contribution in [3.63, 3.8) is 0 Å². The van der Waals surface area contributed by atoms with Crippen molar-refractivity contribution in [2.24, 2.45) is 0 Å². The maximum absolute atomic E-state index is 12.3. The lowest BCUT2D eigenvalue weighted by Crippen LogP contribution is -2.37. The second kappa shape index (κ2) is 17.2. The van der Waals surface area contributed by atoms with Crippen LogP contribution in [0.15, 0.2) is 127 Å². The fourth-order valence-corrected chi connectivity index (χ4v) is 6.63. The van der Waals surface area contributed by atoms with Crippen LogP contribution in [0.2, 0.25) is 0 Å². The van der Waals surface area contributed by atoms with E-state index >= 15 is 0 Å². The molecule has 0 heterocycles. The highest BCUT2D eigenvalue weighted by atomic mass is 32.2. The largest absolute Gasteiger partial charge is 0.497 e. The van der Waals surface area contributed by atoms with E-state index in [0.717, 1.165) is 46.4 Å². The van der Waals surface area contributed by atoms with Gasteiger partial charge < -0.3 is 19.3 Å². The predicted octanol–water partition coefficient (Wildman–Crippen LogP) is 7.80. The van der Waals surface area contributed by atoms with Gasteiger partial charge in [-0.25, -0.2) is 8.42 Å². The van der Waals surface area contributed by atoms with Gasteiger partial charge in [0.2, 0.25) is 10.0 Å². The first-order chi connectivity index (χ1) is 24.1. The number of nitrogens with one attached hydrogen (secondary N) is 1. The summed E-state index contributed by atoms with van der Waals surface area (Å²) in [7, 11) is -0.289. The number of hydrogen-bond donors (Lipinski definition) is 2. The zero-order valence-electron chi connectivity index (χ0n) is 29.0. The van der Waals surface area contributed by atoms with E-state index < -0.39 is 16.1 Å². The van der Waals surface area contributed by atoms with E-state index in [0.29, 0.717) is 24.4 Å². The minimum Gasteiger partial charge on any atom is -0.497 e. The van der Waals surface area contributed by atoms with E-state index in [9.17, 15) is 13.5 Å². The van der Waals surface area contributed by atoms with Crippen molar-refractivity contribution in [3.05, 3.63) is 155 Å². The molecule has 0 saturated heterocycles. The molecule has 0 aromatic heterocycles. The molecule has 0 bridgehead atoms. The molecular formula is C41H46N2O6S. The van der Waals surface area contributed by atoms with Crippen molar-refractivity contribution in [1.82, 2.24) is 4.90 Å². The van der Waals surface area contributed by atoms with E-state index in [1.54, 1.807) is 32.4 Å². The Morgan fingerprint density at radius 2 is 1.24 bits per heavy atom. The summed E-state index contributed by atoms with van der Waals surface area (Å²) in [5.41, 5.74) is 5.25. The first kappa shape index (κ1) is 36.5. The summed E-state index contributed by atoms with van der Waals surface area (Å²) in [5, 5.41) is 11.7. The summed E-state index contributed by atoms with van der Waals surface area (Å²) in [4.78, 5) is 2.28. The molecule has 9 heteroatoms. The summed E-state index contributed by atoms with van der Waals surface area (Å²) in [5.74, 6) is 2.03. The van der Waals surface area contributed by atoms with Gasteiger partial charge in [-0.3, -0.25) is 9.62 Å². The van der Waals surface area contributed by atoms with E-state index in [4.69, 9.17) is 14.2 Å². The number of benzene rings is 5. The summed E-state index contributed by atoms with van der Waals surface area (Å²) in [6, 6.07) is 41.4. The third-order valence-electron chi connectivity index (χ3n) is 8.79. The lowest BCUT2D eigenvalue weighted by atomic mass is 9.85. The van der Waals surface area contributed by atoms with Gasteiger partial charge in [-0.1, -0.05) is 91.0 Å². The lowest BCUT2D eigenvalue weighted by Gasteiger charge is -2.34. The minimum absolute atomic E-state index is 0.0288. The average Bonchev–Trinajstić information content (AvgIpc) is 3.13. The maximum atomic E-state index is 12.3. The highest BCUT2D eigenvalue weighted by Crippen LogP contribution is 2.35. The van der Waals surface area contributed by atoms with Gasteiger partial charge in [0.15, 0.2) is 0 Å². The number of hydrogen-bond acceptors (Lipinski definition) is 7. The van der Waals surface area contributed by atoms with E-state index in [1.807, 2.05) is 72.8 Å². The van der Waals surface area contributed by atoms with Crippen LogP contribution in [0, 0.1) is 0 Å². The number of methoxy groups -OCH3 is 2. The number of sulfonamides is 1. The van der Waals surface area contributed by atoms with Gasteiger partial charge in [-0.05, 0) is 77.6 Å². The molecule has 262 valence electrons. The van der Waals surface area contributed by atoms with Crippen LogP contribution in [-0.2, 0) is 23.2 Å². The van der Waals surface area contributed by atoms with Crippen molar-refractivity contribution in [1.29, 1.82) is 0 Å². The maximum Gasteiger partial charge on any atom is 0.229 e. The fourth-order valence-electron chi connectivity index (χ4n) is 6.07. The number of aliphatic hydroxyl groups excluding tert-OH is 1. The van der Waals surface area contributed by atoms with Crippen molar-refractivity contribution in [2.75, 3.05) is 31.7 Å². The Morgan fingerprint density at radius 1 is 0.720 bits per heavy atom. The molecule has 0 amide bonds. The molecule has 0 aliphatic heterocycles. The molecule has 0 radical (unpaired) electrons. The van der Waals surface area contributed by atoms with Crippen molar-refractivity contribution < 1.29 is 27.7 Å². The molecule has 5 rings (SSSR count). The van der Waals surface area contributed by atoms with Gasteiger partial charge in [0, 0.05) is 25.0 Å². The third kappa shape index (κ3) is 10.3. The molecular weight excluding hydrogens is 649 g/mol. The number of rotatable bonds is 17. The van der Waals surface area contributed by atoms with Crippen molar-refractivity contribution in [3.8, 4) is 17.2 Å². The van der Waals surface area contributed by atoms with Crippen LogP contribution in [0.4, 0.5) is 5.69 Å². The Labute approximate surface area is 296 Å². The molecule has 2 atom stereocenters. The number of nitrogens with zero attached hydrogens (tertiary/aromatic N) is 1. The Kier molecular flexibility index (Phi) is 12.5. The molecule has 5 aromatic rings. The number of aliphatic hydroxyl groups is 1. The molecule has 0 spiro atoms. The average molecular weight is 695 g/mol. The molecule has 50 heavy (non-hydrogen) atoms. The van der Waals surface area contributed by atoms with Crippen molar-refractivity contribution in [2.45, 2.75) is 44.6 Å². The molecule has 2 N–H and O–H groups in total. The normalized spacial score (nSPS) is 12.8. The van der Waals surface area contributed by atoms with Gasteiger partial charge in [0.1, 0.15) is 23.9 Å². The van der Waals surface area contributed by atoms with E-state index in [1.165, 1.54) is 0 Å². The van der Waals surface area contributed by atoms with Gasteiger partial charge >= 0.3 is 0 Å². The summed E-state index contributed by atoms with van der Waals surface area (Å²) in [6.07, 6.45) is 0.957. The Bertz CT molecular complexity index is 1840. The molecule has 0 aliphatic rings. The first-order valence-electron chi connectivity index (χ1n) is 16.6. The Morgan fingerprint density at radius 3 is 1.76 bits per heavy atom. The molecule has 5 aromatic carbocycles. The zero-order valence-corrected chi connectivity index (χ0v) is 29.8. The summed E-state index contributed by atoms with van der Waals surface area (Å²) in [6.45, 7) is 3.39. The SMILES string of the molecule is COc1ccc(C(C[C@H](C)N(Cc2ccccc2)C[C@H](O)c2ccc(OCc3ccccc3)c(NS(C)(=O)=O)c2)c2ccc(OC)cc2)cc1. The molecule has 0 aliphatic carbocycles.